The summed E-state index contributed by atoms with van der Waals surface area (Å²) in [6.07, 6.45) is 0. The van der Waals surface area contributed by atoms with Gasteiger partial charge in [-0.25, -0.2) is 34.6 Å². The van der Waals surface area contributed by atoms with Crippen molar-refractivity contribution in [2.75, 3.05) is 14.1 Å². The maximum absolute atomic E-state index is 13.1. The number of benzene rings is 1. The fourth-order valence-corrected chi connectivity index (χ4v) is 5.24. The quantitative estimate of drug-likeness (QED) is 0.806. The lowest BCUT2D eigenvalue weighted by Gasteiger charge is -2.08. The molecule has 0 bridgehead atoms. The van der Waals surface area contributed by atoms with E-state index in [2.05, 4.69) is 4.72 Å². The predicted octanol–water partition coefficient (Wildman–Crippen LogP) is 1.76. The molecule has 0 radical (unpaired) electrons. The molecule has 0 aliphatic heterocycles. The lowest BCUT2D eigenvalue weighted by molar-refractivity contribution is 0.504. The van der Waals surface area contributed by atoms with Crippen molar-refractivity contribution in [2.45, 2.75) is 15.6 Å². The molecule has 0 amide bonds. The van der Waals surface area contributed by atoms with Crippen LogP contribution in [0.4, 0.5) is 8.78 Å². The molecule has 2 rings (SSSR count). The van der Waals surface area contributed by atoms with Crippen LogP contribution in [0.2, 0.25) is 0 Å². The number of hydrogen-bond donors (Lipinski definition) is 1. The molecule has 1 N–H and O–H groups in total. The Morgan fingerprint density at radius 1 is 1.04 bits per heavy atom. The van der Waals surface area contributed by atoms with Gasteiger partial charge in [0.1, 0.15) is 4.21 Å². The van der Waals surface area contributed by atoms with Crippen molar-refractivity contribution in [3.63, 3.8) is 0 Å². The Labute approximate surface area is 142 Å². The third kappa shape index (κ3) is 3.98. The van der Waals surface area contributed by atoms with E-state index in [0.29, 0.717) is 10.9 Å². The lowest BCUT2D eigenvalue weighted by atomic mass is 10.3. The van der Waals surface area contributed by atoms with E-state index >= 15 is 0 Å². The van der Waals surface area contributed by atoms with Gasteiger partial charge in [0.15, 0.2) is 11.6 Å². The summed E-state index contributed by atoms with van der Waals surface area (Å²) in [6, 6.07) is 5.10. The van der Waals surface area contributed by atoms with E-state index < -0.39 is 36.6 Å². The van der Waals surface area contributed by atoms with Gasteiger partial charge in [-0.2, -0.15) is 0 Å². The summed E-state index contributed by atoms with van der Waals surface area (Å²) in [5.41, 5.74) is 0. The monoisotopic (exact) mass is 396 g/mol. The first-order chi connectivity index (χ1) is 11.0. The molecule has 0 aliphatic rings. The van der Waals surface area contributed by atoms with Crippen LogP contribution in [-0.2, 0) is 26.6 Å². The van der Waals surface area contributed by atoms with E-state index in [-0.39, 0.29) is 10.8 Å². The van der Waals surface area contributed by atoms with Crippen molar-refractivity contribution in [3.8, 4) is 0 Å². The number of nitrogens with one attached hydrogen (secondary N) is 1. The van der Waals surface area contributed by atoms with Crippen molar-refractivity contribution >= 4 is 31.4 Å². The van der Waals surface area contributed by atoms with Crippen molar-refractivity contribution in [1.82, 2.24) is 9.03 Å². The zero-order valence-corrected chi connectivity index (χ0v) is 15.1. The molecule has 0 fully saturated rings. The summed E-state index contributed by atoms with van der Waals surface area (Å²) in [7, 11) is -4.86. The third-order valence-electron chi connectivity index (χ3n) is 3.01. The Bertz CT molecular complexity index is 953. The standard InChI is InChI=1S/C13H14F2N2O4S3/c1-17(2)24(20,21)13-6-3-9(22-13)8-16-23(18,19)10-4-5-11(14)12(15)7-10/h3-7,16H,8H2,1-2H3. The first-order valence-electron chi connectivity index (χ1n) is 6.50. The van der Waals surface area contributed by atoms with E-state index in [1.807, 2.05) is 0 Å². The van der Waals surface area contributed by atoms with Crippen LogP contribution in [0.15, 0.2) is 39.4 Å². The van der Waals surface area contributed by atoms with Crippen molar-refractivity contribution in [3.05, 3.63) is 46.8 Å². The Morgan fingerprint density at radius 2 is 1.71 bits per heavy atom. The SMILES string of the molecule is CN(C)S(=O)(=O)c1ccc(CNS(=O)(=O)c2ccc(F)c(F)c2)s1. The highest BCUT2D eigenvalue weighted by Gasteiger charge is 2.21. The largest absolute Gasteiger partial charge is 0.252 e. The zero-order chi connectivity index (χ0) is 18.1. The molecule has 1 heterocycles. The molecule has 24 heavy (non-hydrogen) atoms. The maximum atomic E-state index is 13.1. The normalized spacial score (nSPS) is 12.7. The van der Waals surface area contributed by atoms with Crippen LogP contribution in [-0.4, -0.2) is 35.2 Å². The van der Waals surface area contributed by atoms with Crippen LogP contribution >= 0.6 is 11.3 Å². The van der Waals surface area contributed by atoms with Gasteiger partial charge in [0.2, 0.25) is 10.0 Å². The molecule has 11 heteroatoms. The van der Waals surface area contributed by atoms with Crippen LogP contribution in [0, 0.1) is 11.6 Å². The molecule has 0 saturated heterocycles. The van der Waals surface area contributed by atoms with Crippen LogP contribution in [0.25, 0.3) is 0 Å². The summed E-state index contributed by atoms with van der Waals surface area (Å²) < 4.78 is 77.4. The minimum atomic E-state index is -4.05. The Hall–Kier alpha value is -1.40. The molecule has 1 aromatic carbocycles. The van der Waals surface area contributed by atoms with Gasteiger partial charge >= 0.3 is 0 Å². The second kappa shape index (κ2) is 6.84. The molecule has 6 nitrogen and oxygen atoms in total. The van der Waals surface area contributed by atoms with Crippen molar-refractivity contribution in [2.24, 2.45) is 0 Å². The van der Waals surface area contributed by atoms with E-state index in [0.717, 1.165) is 27.8 Å². The third-order valence-corrected chi connectivity index (χ3v) is 7.78. The molecule has 0 saturated carbocycles. The summed E-state index contributed by atoms with van der Waals surface area (Å²) in [4.78, 5) is 0.0423. The first-order valence-corrected chi connectivity index (χ1v) is 10.2. The second-order valence-electron chi connectivity index (χ2n) is 4.91. The van der Waals surface area contributed by atoms with Gasteiger partial charge in [-0.05, 0) is 30.3 Å². The lowest BCUT2D eigenvalue weighted by Crippen LogP contribution is -2.23. The minimum absolute atomic E-state index is 0.0783. The van der Waals surface area contributed by atoms with E-state index in [1.165, 1.54) is 26.2 Å². The highest BCUT2D eigenvalue weighted by atomic mass is 32.2. The smallest absolute Gasteiger partial charge is 0.207 e. The molecular formula is C13H14F2N2O4S3. The molecule has 2 aromatic rings. The van der Waals surface area contributed by atoms with Gasteiger partial charge in [0, 0.05) is 25.5 Å². The van der Waals surface area contributed by atoms with E-state index in [1.54, 1.807) is 0 Å². The minimum Gasteiger partial charge on any atom is -0.207 e. The Kier molecular flexibility index (Phi) is 5.40. The van der Waals surface area contributed by atoms with Gasteiger partial charge < -0.3 is 0 Å². The number of nitrogens with zero attached hydrogens (tertiary/aromatic N) is 1. The van der Waals surface area contributed by atoms with Gasteiger partial charge in [-0.3, -0.25) is 0 Å². The van der Waals surface area contributed by atoms with Crippen LogP contribution in [0.5, 0.6) is 0 Å². The van der Waals surface area contributed by atoms with Gasteiger partial charge in [-0.1, -0.05) is 0 Å². The number of rotatable bonds is 6. The fraction of sp³-hybridized carbons (Fsp3) is 0.231. The first kappa shape index (κ1) is 18.9. The van der Waals surface area contributed by atoms with Crippen LogP contribution in [0.3, 0.4) is 0 Å². The van der Waals surface area contributed by atoms with Gasteiger partial charge in [0.05, 0.1) is 4.90 Å². The Morgan fingerprint density at radius 3 is 2.29 bits per heavy atom. The number of thiophene rings is 1. The molecule has 132 valence electrons. The number of halogens is 2. The fourth-order valence-electron chi connectivity index (χ4n) is 1.67. The summed E-state index contributed by atoms with van der Waals surface area (Å²) in [5.74, 6) is -2.42. The highest BCUT2D eigenvalue weighted by molar-refractivity contribution is 7.91. The van der Waals surface area contributed by atoms with E-state index in [9.17, 15) is 25.6 Å². The van der Waals surface area contributed by atoms with Gasteiger partial charge in [0.25, 0.3) is 10.0 Å². The zero-order valence-electron chi connectivity index (χ0n) is 12.7. The van der Waals surface area contributed by atoms with Crippen molar-refractivity contribution in [1.29, 1.82) is 0 Å². The maximum Gasteiger partial charge on any atom is 0.252 e. The molecule has 0 unspecified atom stereocenters. The highest BCUT2D eigenvalue weighted by Crippen LogP contribution is 2.24. The van der Waals surface area contributed by atoms with Crippen LogP contribution in [0.1, 0.15) is 4.88 Å². The van der Waals surface area contributed by atoms with E-state index in [4.69, 9.17) is 0 Å². The molecular weight excluding hydrogens is 382 g/mol. The Balaban J connectivity index is 2.16. The summed E-state index contributed by atoms with van der Waals surface area (Å²) >= 11 is 0.919. The van der Waals surface area contributed by atoms with Gasteiger partial charge in [-0.15, -0.1) is 11.3 Å². The van der Waals surface area contributed by atoms with Crippen molar-refractivity contribution < 1.29 is 25.6 Å². The molecule has 1 aromatic heterocycles. The predicted molar refractivity (Wildman–Crippen MR) is 85.6 cm³/mol. The molecule has 0 aliphatic carbocycles. The average molecular weight is 396 g/mol. The summed E-state index contributed by atoms with van der Waals surface area (Å²) in [6.45, 7) is -0.172. The average Bonchev–Trinajstić information content (AvgIpc) is 2.97. The molecule has 0 spiro atoms. The number of sulfonamides is 2. The molecule has 0 atom stereocenters. The summed E-state index contributed by atoms with van der Waals surface area (Å²) in [5, 5.41) is 0. The second-order valence-corrected chi connectivity index (χ2v) is 10.2. The number of hydrogen-bond acceptors (Lipinski definition) is 5. The van der Waals surface area contributed by atoms with Crippen LogP contribution < -0.4 is 4.72 Å². The topological polar surface area (TPSA) is 83.6 Å².